The molecule has 5 aromatic rings. The number of hydrogen-bond acceptors (Lipinski definition) is 9. The number of fused-ring (bicyclic) bond motifs is 2. The Morgan fingerprint density at radius 3 is 2.50 bits per heavy atom. The lowest BCUT2D eigenvalue weighted by molar-refractivity contribution is 0.0965. The number of methoxy groups -OCH3 is 1. The lowest BCUT2D eigenvalue weighted by Gasteiger charge is -2.39. The van der Waals surface area contributed by atoms with Gasteiger partial charge in [0, 0.05) is 29.5 Å². The normalized spacial score (nSPS) is 15.2. The number of aliphatic hydroxyl groups is 1. The van der Waals surface area contributed by atoms with E-state index in [-0.39, 0.29) is 0 Å². The van der Waals surface area contributed by atoms with Gasteiger partial charge in [0.1, 0.15) is 11.8 Å². The van der Waals surface area contributed by atoms with Crippen molar-refractivity contribution in [2.24, 2.45) is 5.73 Å². The van der Waals surface area contributed by atoms with Crippen molar-refractivity contribution in [2.45, 2.75) is 18.2 Å². The van der Waals surface area contributed by atoms with E-state index >= 15 is 0 Å². The second-order valence-electron chi connectivity index (χ2n) is 10.8. The Labute approximate surface area is 271 Å². The van der Waals surface area contributed by atoms with Gasteiger partial charge in [-0.05, 0) is 87.4 Å². The number of nitrogens with two attached hydrogens (primary N) is 1. The zero-order chi connectivity index (χ0) is 32.4. The van der Waals surface area contributed by atoms with Crippen LogP contribution in [0.5, 0.6) is 5.75 Å². The molecule has 10 nitrogen and oxygen atoms in total. The van der Waals surface area contributed by atoms with Crippen LogP contribution in [-0.4, -0.2) is 44.4 Å². The van der Waals surface area contributed by atoms with Crippen LogP contribution in [-0.2, 0) is 12.1 Å². The van der Waals surface area contributed by atoms with E-state index < -0.39 is 11.6 Å². The molecule has 0 amide bonds. The predicted octanol–water partition coefficient (Wildman–Crippen LogP) is 5.61. The van der Waals surface area contributed by atoms with Gasteiger partial charge in [0.25, 0.3) is 5.95 Å². The fraction of sp³-hybridized carbons (Fsp3) is 0.143. The Balaban J connectivity index is 1.58. The van der Waals surface area contributed by atoms with Gasteiger partial charge in [-0.1, -0.05) is 65.7 Å². The van der Waals surface area contributed by atoms with Gasteiger partial charge in [0.15, 0.2) is 5.60 Å². The van der Waals surface area contributed by atoms with Crippen molar-refractivity contribution in [3.05, 3.63) is 154 Å². The molecule has 0 bridgehead atoms. The topological polar surface area (TPSA) is 129 Å². The number of nitriles is 1. The molecule has 2 heterocycles. The Kier molecular flexibility index (Phi) is 8.19. The van der Waals surface area contributed by atoms with Crippen molar-refractivity contribution in [3.8, 4) is 11.8 Å². The van der Waals surface area contributed by atoms with E-state index in [2.05, 4.69) is 28.2 Å². The first-order chi connectivity index (χ1) is 22.3. The van der Waals surface area contributed by atoms with Crippen molar-refractivity contribution >= 4 is 23.2 Å². The number of likely N-dealkylation sites (N-methyl/N-ethyl adjacent to an activating group) is 1. The number of anilines is 2. The maximum atomic E-state index is 12.8. The molecule has 0 aliphatic carbocycles. The largest absolute Gasteiger partial charge is 0.497 e. The summed E-state index contributed by atoms with van der Waals surface area (Å²) in [6, 6.07) is 29.6. The van der Waals surface area contributed by atoms with Crippen molar-refractivity contribution in [3.63, 3.8) is 0 Å². The molecule has 3 N–H and O–H groups in total. The third kappa shape index (κ3) is 5.21. The van der Waals surface area contributed by atoms with Gasteiger partial charge < -0.3 is 25.4 Å². The Morgan fingerprint density at radius 1 is 1.11 bits per heavy atom. The van der Waals surface area contributed by atoms with Crippen LogP contribution in [0.25, 0.3) is 0 Å². The first kappa shape index (κ1) is 30.4. The standard InChI is InChI=1S/C35H31ClN8O2/c1-4-42(2)32(21-38)35(45,26-12-15-29(46-3)16-13-26)27-14-17-31-30(19-27)33(25-6-5-7-28(36)18-25)44-34(39-40-41-44)43(31)22-24-10-8-23(20-37)9-11-24/h4-19,21,33,45H,1,22,38H2,2-3H3/b32-21-. The molecule has 0 saturated carbocycles. The SMILES string of the molecule is C=CN(C)/C(=C\N)C(O)(c1ccc(OC)cc1)c1ccc2c(c1)C(c1cccc(Cl)c1)n1nnnc1N2Cc1ccc(C#N)cc1. The molecule has 46 heavy (non-hydrogen) atoms. The molecule has 6 rings (SSSR count). The number of hydrogen-bond donors (Lipinski definition) is 2. The lowest BCUT2D eigenvalue weighted by Crippen LogP contribution is -2.37. The monoisotopic (exact) mass is 630 g/mol. The Morgan fingerprint density at radius 2 is 1.85 bits per heavy atom. The summed E-state index contributed by atoms with van der Waals surface area (Å²) in [5.74, 6) is 1.19. The number of ether oxygens (including phenoxy) is 1. The number of halogens is 1. The third-order valence-corrected chi connectivity index (χ3v) is 8.51. The third-order valence-electron chi connectivity index (χ3n) is 8.27. The van der Waals surface area contributed by atoms with Crippen LogP contribution in [0.2, 0.25) is 5.02 Å². The Bertz CT molecular complexity index is 1970. The van der Waals surface area contributed by atoms with E-state index in [1.807, 2.05) is 71.6 Å². The van der Waals surface area contributed by atoms with E-state index in [0.29, 0.717) is 45.7 Å². The van der Waals surface area contributed by atoms with Gasteiger partial charge in [-0.15, -0.1) is 0 Å². The summed E-state index contributed by atoms with van der Waals surface area (Å²) >= 11 is 6.49. The summed E-state index contributed by atoms with van der Waals surface area (Å²) in [6.07, 6.45) is 2.98. The Hall–Kier alpha value is -5.63. The molecule has 1 aliphatic heterocycles. The van der Waals surface area contributed by atoms with Crippen molar-refractivity contribution < 1.29 is 9.84 Å². The average Bonchev–Trinajstić information content (AvgIpc) is 3.58. The van der Waals surface area contributed by atoms with Crippen LogP contribution in [0, 0.1) is 11.3 Å². The van der Waals surface area contributed by atoms with Crippen LogP contribution in [0.3, 0.4) is 0 Å². The highest BCUT2D eigenvalue weighted by Crippen LogP contribution is 2.47. The maximum Gasteiger partial charge on any atom is 0.251 e. The lowest BCUT2D eigenvalue weighted by atomic mass is 9.80. The van der Waals surface area contributed by atoms with Gasteiger partial charge >= 0.3 is 0 Å². The number of rotatable bonds is 9. The van der Waals surface area contributed by atoms with E-state index in [9.17, 15) is 10.4 Å². The van der Waals surface area contributed by atoms with Crippen LogP contribution in [0.15, 0.2) is 116 Å². The minimum Gasteiger partial charge on any atom is -0.497 e. The number of benzene rings is 4. The van der Waals surface area contributed by atoms with Crippen molar-refractivity contribution in [1.29, 1.82) is 5.26 Å². The molecule has 0 radical (unpaired) electrons. The van der Waals surface area contributed by atoms with Crippen LogP contribution in [0.1, 0.15) is 39.4 Å². The molecule has 0 fully saturated rings. The molecule has 1 aliphatic rings. The molecule has 0 saturated heterocycles. The summed E-state index contributed by atoms with van der Waals surface area (Å²) in [6.45, 7) is 4.33. The second kappa shape index (κ2) is 12.4. The van der Waals surface area contributed by atoms with Crippen LogP contribution >= 0.6 is 11.6 Å². The molecular formula is C35H31ClN8O2. The van der Waals surface area contributed by atoms with E-state index in [1.165, 1.54) is 6.20 Å². The summed E-state index contributed by atoms with van der Waals surface area (Å²) in [5, 5.41) is 35.6. The van der Waals surface area contributed by atoms with Gasteiger partial charge in [-0.3, -0.25) is 0 Å². The smallest absolute Gasteiger partial charge is 0.251 e. The van der Waals surface area contributed by atoms with E-state index in [1.54, 1.807) is 54.2 Å². The fourth-order valence-corrected chi connectivity index (χ4v) is 6.12. The van der Waals surface area contributed by atoms with E-state index in [4.69, 9.17) is 22.1 Å². The number of nitrogens with zero attached hydrogens (tertiary/aromatic N) is 7. The first-order valence-electron chi connectivity index (χ1n) is 14.4. The minimum atomic E-state index is -1.70. The molecule has 230 valence electrons. The maximum absolute atomic E-state index is 12.8. The molecule has 4 aromatic carbocycles. The van der Waals surface area contributed by atoms with Crippen molar-refractivity contribution in [1.82, 2.24) is 25.1 Å². The molecule has 2 unspecified atom stereocenters. The summed E-state index contributed by atoms with van der Waals surface area (Å²) in [7, 11) is 3.37. The molecule has 2 atom stereocenters. The molecule has 11 heteroatoms. The highest BCUT2D eigenvalue weighted by atomic mass is 35.5. The molecule has 1 aromatic heterocycles. The predicted molar refractivity (Wildman–Crippen MR) is 176 cm³/mol. The fourth-order valence-electron chi connectivity index (χ4n) is 5.92. The second-order valence-corrected chi connectivity index (χ2v) is 11.3. The van der Waals surface area contributed by atoms with Crippen molar-refractivity contribution in [2.75, 3.05) is 19.1 Å². The summed E-state index contributed by atoms with van der Waals surface area (Å²) in [4.78, 5) is 3.71. The quantitative estimate of drug-likeness (QED) is 0.213. The molecular weight excluding hydrogens is 600 g/mol. The zero-order valence-corrected chi connectivity index (χ0v) is 26.0. The van der Waals surface area contributed by atoms with Crippen LogP contribution in [0.4, 0.5) is 11.6 Å². The number of tetrazole rings is 1. The highest BCUT2D eigenvalue weighted by molar-refractivity contribution is 6.30. The van der Waals surface area contributed by atoms with Gasteiger partial charge in [-0.2, -0.15) is 9.94 Å². The summed E-state index contributed by atoms with van der Waals surface area (Å²) < 4.78 is 7.14. The summed E-state index contributed by atoms with van der Waals surface area (Å²) in [5.41, 5.74) is 10.1. The molecule has 0 spiro atoms. The van der Waals surface area contributed by atoms with E-state index in [0.717, 1.165) is 22.4 Å². The number of aromatic nitrogens is 4. The van der Waals surface area contributed by atoms with Crippen LogP contribution < -0.4 is 15.4 Å². The zero-order valence-electron chi connectivity index (χ0n) is 25.2. The van der Waals surface area contributed by atoms with Gasteiger partial charge in [0.05, 0.1) is 31.0 Å². The highest BCUT2D eigenvalue weighted by Gasteiger charge is 2.41. The van der Waals surface area contributed by atoms with Gasteiger partial charge in [0.2, 0.25) is 0 Å². The van der Waals surface area contributed by atoms with Gasteiger partial charge in [-0.25, -0.2) is 0 Å². The minimum absolute atomic E-state index is 0.403. The average molecular weight is 631 g/mol. The first-order valence-corrected chi connectivity index (χ1v) is 14.8.